The van der Waals surface area contributed by atoms with Gasteiger partial charge in [-0.15, -0.1) is 0 Å². The molecular weight excluding hydrogens is 712 g/mol. The number of hydrogen-bond acceptors (Lipinski definition) is 4. The van der Waals surface area contributed by atoms with E-state index in [4.69, 9.17) is 10.1 Å². The number of aromatic nitrogens is 6. The normalized spacial score (nSPS) is 16.8. The molecule has 43 heavy (non-hydrogen) atoms. The zero-order valence-electron chi connectivity index (χ0n) is 26.4. The molecule has 0 bridgehead atoms. The summed E-state index contributed by atoms with van der Waals surface area (Å²) < 4.78 is 0. The van der Waals surface area contributed by atoms with E-state index < -0.39 is 0 Å². The summed E-state index contributed by atoms with van der Waals surface area (Å²) >= 11 is 0. The third-order valence-corrected chi connectivity index (χ3v) is 9.14. The Kier molecular flexibility index (Phi) is 8.57. The van der Waals surface area contributed by atoms with Crippen molar-refractivity contribution >= 4 is 10.8 Å². The largest absolute Gasteiger partial charge is 2.00 e. The molecule has 0 unspecified atom stereocenters. The smallest absolute Gasteiger partial charge is 0.573 e. The fourth-order valence-corrected chi connectivity index (χ4v) is 6.63. The number of hydrogen-bond donors (Lipinski definition) is 0. The Morgan fingerprint density at radius 2 is 1.30 bits per heavy atom. The molecule has 0 saturated heterocycles. The van der Waals surface area contributed by atoms with Crippen molar-refractivity contribution in [1.29, 1.82) is 0 Å². The summed E-state index contributed by atoms with van der Waals surface area (Å²) in [6.45, 7) is 15.7. The summed E-state index contributed by atoms with van der Waals surface area (Å²) in [4.78, 5) is 9.15. The SMILES string of the molecule is CC(C)(C)c1ccncc1.CC1(C)CCCc2c1n[n-]c2-c1cc2ccccc2c(-c2[n-]nc3c2CCCC3(C)C)n1.[Pt+2]. The van der Waals surface area contributed by atoms with Gasteiger partial charge in [-0.25, -0.2) is 0 Å². The van der Waals surface area contributed by atoms with Crippen molar-refractivity contribution in [3.63, 3.8) is 0 Å². The Morgan fingerprint density at radius 3 is 1.88 bits per heavy atom. The second kappa shape index (κ2) is 11.8. The van der Waals surface area contributed by atoms with Gasteiger partial charge in [-0.05, 0) is 84.2 Å². The van der Waals surface area contributed by atoms with Crippen molar-refractivity contribution in [2.45, 2.75) is 103 Å². The minimum Gasteiger partial charge on any atom is -0.573 e. The van der Waals surface area contributed by atoms with Gasteiger partial charge in [0.05, 0.1) is 11.4 Å². The first-order chi connectivity index (χ1) is 20.0. The first kappa shape index (κ1) is 31.3. The molecule has 2 aliphatic rings. The van der Waals surface area contributed by atoms with Crippen LogP contribution in [-0.4, -0.2) is 20.2 Å². The van der Waals surface area contributed by atoms with Gasteiger partial charge >= 0.3 is 21.1 Å². The van der Waals surface area contributed by atoms with Crippen molar-refractivity contribution in [2.24, 2.45) is 0 Å². The number of benzene rings is 1. The summed E-state index contributed by atoms with van der Waals surface area (Å²) in [5.41, 5.74) is 10.3. The van der Waals surface area contributed by atoms with Crippen LogP contribution in [0.3, 0.4) is 0 Å². The fourth-order valence-electron chi connectivity index (χ4n) is 6.63. The molecule has 7 heteroatoms. The Balaban J connectivity index is 0.000000287. The van der Waals surface area contributed by atoms with Crippen molar-refractivity contribution in [3.8, 4) is 22.8 Å². The predicted molar refractivity (Wildman–Crippen MR) is 170 cm³/mol. The Labute approximate surface area is 270 Å². The van der Waals surface area contributed by atoms with Crippen LogP contribution in [0.25, 0.3) is 33.5 Å². The summed E-state index contributed by atoms with van der Waals surface area (Å²) in [5.74, 6) is 0. The van der Waals surface area contributed by atoms with E-state index in [1.54, 1.807) is 0 Å². The van der Waals surface area contributed by atoms with Crippen LogP contribution in [0.1, 0.15) is 102 Å². The maximum atomic E-state index is 5.19. The third-order valence-electron chi connectivity index (χ3n) is 9.14. The fraction of sp³-hybridized carbons (Fsp3) is 0.444. The van der Waals surface area contributed by atoms with E-state index in [1.807, 2.05) is 12.4 Å². The summed E-state index contributed by atoms with van der Waals surface area (Å²) in [6, 6.07) is 14.7. The second-order valence-electron chi connectivity index (χ2n) is 14.3. The van der Waals surface area contributed by atoms with Crippen LogP contribution < -0.4 is 10.2 Å². The van der Waals surface area contributed by atoms with Gasteiger partial charge in [-0.1, -0.05) is 84.1 Å². The van der Waals surface area contributed by atoms with E-state index in [-0.39, 0.29) is 37.3 Å². The van der Waals surface area contributed by atoms with E-state index in [1.165, 1.54) is 16.7 Å². The quantitative estimate of drug-likeness (QED) is 0.183. The maximum Gasteiger partial charge on any atom is 2.00 e. The first-order valence-electron chi connectivity index (χ1n) is 15.3. The van der Waals surface area contributed by atoms with E-state index in [0.29, 0.717) is 0 Å². The third kappa shape index (κ3) is 6.00. The molecular formula is C36H42N6Pt. The maximum absolute atomic E-state index is 5.19. The average molecular weight is 754 g/mol. The van der Waals surface area contributed by atoms with E-state index >= 15 is 0 Å². The average Bonchev–Trinajstić information content (AvgIpc) is 3.59. The van der Waals surface area contributed by atoms with Gasteiger partial charge < -0.3 is 20.4 Å². The summed E-state index contributed by atoms with van der Waals surface area (Å²) in [6.07, 6.45) is 10.3. The Morgan fingerprint density at radius 1 is 0.744 bits per heavy atom. The van der Waals surface area contributed by atoms with Gasteiger partial charge in [0.1, 0.15) is 0 Å². The number of pyridine rings is 2. The van der Waals surface area contributed by atoms with Crippen LogP contribution in [0.5, 0.6) is 0 Å². The topological polar surface area (TPSA) is 79.8 Å². The molecule has 4 heterocycles. The monoisotopic (exact) mass is 753 g/mol. The minimum absolute atomic E-state index is 0. The van der Waals surface area contributed by atoms with E-state index in [9.17, 15) is 0 Å². The van der Waals surface area contributed by atoms with Gasteiger partial charge in [0.15, 0.2) is 0 Å². The zero-order chi connectivity index (χ0) is 29.7. The van der Waals surface area contributed by atoms with Gasteiger partial charge in [0.2, 0.25) is 0 Å². The van der Waals surface area contributed by atoms with Crippen LogP contribution in [0.15, 0.2) is 54.9 Å². The molecule has 5 aromatic rings. The molecule has 0 fully saturated rings. The molecule has 4 aromatic heterocycles. The van der Waals surface area contributed by atoms with Crippen molar-refractivity contribution in [3.05, 3.63) is 82.9 Å². The molecule has 0 N–H and O–H groups in total. The second-order valence-corrected chi connectivity index (χ2v) is 14.3. The van der Waals surface area contributed by atoms with Crippen molar-refractivity contribution < 1.29 is 21.1 Å². The molecule has 226 valence electrons. The molecule has 2 aliphatic carbocycles. The predicted octanol–water partition coefficient (Wildman–Crippen LogP) is 7.88. The Bertz CT molecular complexity index is 1720. The molecule has 7 rings (SSSR count). The van der Waals surface area contributed by atoms with E-state index in [0.717, 1.165) is 83.5 Å². The Hall–Kier alpha value is -3.11. The first-order valence-corrected chi connectivity index (χ1v) is 15.3. The van der Waals surface area contributed by atoms with Crippen LogP contribution in [0.2, 0.25) is 0 Å². The molecule has 0 spiro atoms. The minimum atomic E-state index is 0. The number of fused-ring (bicyclic) bond motifs is 3. The molecule has 0 atom stereocenters. The van der Waals surface area contributed by atoms with Crippen LogP contribution >= 0.6 is 0 Å². The molecule has 0 amide bonds. The van der Waals surface area contributed by atoms with E-state index in [2.05, 4.69) is 111 Å². The van der Waals surface area contributed by atoms with Gasteiger partial charge in [-0.3, -0.25) is 9.97 Å². The molecule has 1 aromatic carbocycles. The molecule has 0 saturated carbocycles. The zero-order valence-corrected chi connectivity index (χ0v) is 28.7. The molecule has 6 nitrogen and oxygen atoms in total. The van der Waals surface area contributed by atoms with Crippen molar-refractivity contribution in [1.82, 2.24) is 30.4 Å². The van der Waals surface area contributed by atoms with Crippen molar-refractivity contribution in [2.75, 3.05) is 0 Å². The summed E-state index contributed by atoms with van der Waals surface area (Å²) in [7, 11) is 0. The number of rotatable bonds is 2. The van der Waals surface area contributed by atoms with Crippen LogP contribution in [0.4, 0.5) is 0 Å². The summed E-state index contributed by atoms with van der Waals surface area (Å²) in [5, 5.41) is 20.9. The molecule has 0 radical (unpaired) electrons. The van der Waals surface area contributed by atoms with Crippen LogP contribution in [0, 0.1) is 0 Å². The standard InChI is InChI=1S/C27H29N5.C9H13N.Pt/c1-26(2)13-7-11-18-21(29-31-24(18)26)20-15-16-9-5-6-10-17(16)22(28-20)23-19-12-8-14-27(3,4)25(19)32-30-23;1-9(2,3)8-4-6-10-7-5-8;/h5-6,9-10,15H,7-8,11-14H2,1-4H3;4-7H,1-3H3;/q-2;;+2. The van der Waals surface area contributed by atoms with Crippen LogP contribution in [-0.2, 0) is 50.2 Å². The van der Waals surface area contributed by atoms with Gasteiger partial charge in [-0.2, -0.15) is 0 Å². The molecule has 0 aliphatic heterocycles. The van der Waals surface area contributed by atoms with Gasteiger partial charge in [0.25, 0.3) is 0 Å². The van der Waals surface area contributed by atoms with Gasteiger partial charge in [0, 0.05) is 40.0 Å². The number of nitrogens with zero attached hydrogens (tertiary/aromatic N) is 6.